The lowest BCUT2D eigenvalue weighted by Crippen LogP contribution is -2.33. The van der Waals surface area contributed by atoms with Crippen LogP contribution in [0.15, 0.2) is 106 Å². The number of hydrogen-bond donors (Lipinski definition) is 4. The van der Waals surface area contributed by atoms with E-state index >= 15 is 0 Å². The summed E-state index contributed by atoms with van der Waals surface area (Å²) in [6, 6.07) is 21.5. The molecule has 1 atom stereocenters. The summed E-state index contributed by atoms with van der Waals surface area (Å²) < 4.78 is 10.9. The SMILES string of the molecule is CCCCOC(=O)c1cc(NC(=O)c2ccc(/N=N/C(C(=O)Nc3ccc4[nH]c(=O)[nH]c4c3)C(=O)c3ccccc3)cc2)cc(C(=O)OCCCN(CC)CC)c1. The Bertz CT molecular complexity index is 2280. The van der Waals surface area contributed by atoms with E-state index in [1.54, 1.807) is 48.5 Å². The molecule has 1 aromatic heterocycles. The summed E-state index contributed by atoms with van der Waals surface area (Å²) in [5.41, 5.74) is 1.98. The molecule has 5 aromatic rings. The second kappa shape index (κ2) is 20.3. The third kappa shape index (κ3) is 11.6. The maximum atomic E-state index is 13.5. The minimum atomic E-state index is -1.57. The molecule has 296 valence electrons. The van der Waals surface area contributed by atoms with Gasteiger partial charge < -0.3 is 35.0 Å². The third-order valence-corrected chi connectivity index (χ3v) is 8.90. The molecule has 0 bridgehead atoms. The van der Waals surface area contributed by atoms with Crippen LogP contribution < -0.4 is 16.3 Å². The van der Waals surface area contributed by atoms with Crippen LogP contribution in [0.5, 0.6) is 0 Å². The van der Waals surface area contributed by atoms with Crippen molar-refractivity contribution < 1.29 is 33.4 Å². The van der Waals surface area contributed by atoms with Gasteiger partial charge in [0.05, 0.1) is 41.1 Å². The topological polar surface area (TPSA) is 204 Å². The normalized spacial score (nSPS) is 11.7. The van der Waals surface area contributed by atoms with E-state index in [4.69, 9.17) is 9.47 Å². The lowest BCUT2D eigenvalue weighted by atomic mass is 10.0. The quantitative estimate of drug-likeness (QED) is 0.0225. The van der Waals surface area contributed by atoms with Crippen molar-refractivity contribution in [2.24, 2.45) is 10.2 Å². The van der Waals surface area contributed by atoms with Crippen molar-refractivity contribution in [3.8, 4) is 0 Å². The maximum absolute atomic E-state index is 13.5. The molecule has 5 rings (SSSR count). The average Bonchev–Trinajstić information content (AvgIpc) is 3.60. The van der Waals surface area contributed by atoms with E-state index in [-0.39, 0.29) is 46.8 Å². The number of esters is 2. The number of aromatic amines is 2. The Balaban J connectivity index is 1.30. The van der Waals surface area contributed by atoms with Crippen molar-refractivity contribution in [1.82, 2.24) is 14.9 Å². The van der Waals surface area contributed by atoms with Gasteiger partial charge in [-0.1, -0.05) is 57.5 Å². The minimum absolute atomic E-state index is 0.0810. The molecule has 0 fully saturated rings. The van der Waals surface area contributed by atoms with Crippen LogP contribution in [-0.4, -0.2) is 83.3 Å². The van der Waals surface area contributed by atoms with E-state index in [9.17, 15) is 28.8 Å². The van der Waals surface area contributed by atoms with Crippen LogP contribution in [0.1, 0.15) is 81.5 Å². The van der Waals surface area contributed by atoms with Gasteiger partial charge in [-0.05, 0) is 86.6 Å². The molecule has 1 heterocycles. The molecule has 15 nitrogen and oxygen atoms in total. The summed E-state index contributed by atoms with van der Waals surface area (Å²) in [6.45, 7) is 9.02. The van der Waals surface area contributed by atoms with Crippen molar-refractivity contribution in [2.75, 3.05) is 43.5 Å². The fourth-order valence-electron chi connectivity index (χ4n) is 5.72. The second-order valence-corrected chi connectivity index (χ2v) is 13.0. The fourth-order valence-corrected chi connectivity index (χ4v) is 5.72. The number of H-pyrrole nitrogens is 2. The van der Waals surface area contributed by atoms with Gasteiger partial charge in [-0.15, -0.1) is 0 Å². The van der Waals surface area contributed by atoms with Crippen LogP contribution in [0.4, 0.5) is 17.1 Å². The van der Waals surface area contributed by atoms with E-state index in [2.05, 4.69) is 49.6 Å². The Hall–Kier alpha value is -6.74. The highest BCUT2D eigenvalue weighted by Crippen LogP contribution is 2.22. The van der Waals surface area contributed by atoms with Crippen molar-refractivity contribution in [3.05, 3.63) is 124 Å². The predicted octanol–water partition coefficient (Wildman–Crippen LogP) is 6.93. The van der Waals surface area contributed by atoms with Crippen LogP contribution >= 0.6 is 0 Å². The number of carbonyl (C=O) groups is 5. The number of imidazole rings is 1. The van der Waals surface area contributed by atoms with Gasteiger partial charge in [-0.2, -0.15) is 10.2 Å². The summed E-state index contributed by atoms with van der Waals surface area (Å²) in [4.78, 5) is 85.3. The van der Waals surface area contributed by atoms with Crippen LogP contribution in [0, 0.1) is 0 Å². The number of ketones is 1. The number of rotatable bonds is 19. The van der Waals surface area contributed by atoms with Crippen molar-refractivity contribution in [1.29, 1.82) is 0 Å². The van der Waals surface area contributed by atoms with E-state index in [0.29, 0.717) is 29.6 Å². The smallest absolute Gasteiger partial charge is 0.338 e. The average molecular weight is 776 g/mol. The molecule has 0 spiro atoms. The van der Waals surface area contributed by atoms with Crippen molar-refractivity contribution >= 4 is 57.6 Å². The van der Waals surface area contributed by atoms with Crippen LogP contribution in [0.2, 0.25) is 0 Å². The molecule has 0 saturated carbocycles. The number of carbonyl (C=O) groups excluding carboxylic acids is 5. The first-order valence-electron chi connectivity index (χ1n) is 18.7. The largest absolute Gasteiger partial charge is 0.462 e. The maximum Gasteiger partial charge on any atom is 0.338 e. The predicted molar refractivity (Wildman–Crippen MR) is 215 cm³/mol. The Kier molecular flexibility index (Phi) is 14.7. The standard InChI is InChI=1S/C42H45N7O8/c1-4-7-21-56-40(53)29-23-30(41(54)57-22-11-20-49(5-2)6-3)25-33(24-29)44-38(51)28-14-16-31(17-15-28)47-48-36(37(50)27-12-9-8-10-13-27)39(52)43-32-18-19-34-35(26-32)46-42(55)45-34/h8-10,12-19,23-26,36H,4-7,11,20-22H2,1-3H3,(H,43,52)(H,44,51)(H2,45,46,55)/b48-47+. The number of amides is 2. The van der Waals surface area contributed by atoms with Gasteiger partial charge >= 0.3 is 17.6 Å². The molecule has 4 N–H and O–H groups in total. The number of Topliss-reactive ketones (excluding diaryl/α,β-unsaturated/α-hetero) is 1. The number of nitrogens with one attached hydrogen (secondary N) is 4. The molecule has 0 radical (unpaired) electrons. The number of nitrogens with zero attached hydrogens (tertiary/aromatic N) is 3. The lowest BCUT2D eigenvalue weighted by Gasteiger charge is -2.17. The Morgan fingerprint density at radius 1 is 0.684 bits per heavy atom. The molecule has 15 heteroatoms. The number of benzene rings is 4. The Labute approximate surface area is 328 Å². The molecule has 0 aliphatic carbocycles. The summed E-state index contributed by atoms with van der Waals surface area (Å²) in [7, 11) is 0. The number of unbranched alkanes of at least 4 members (excludes halogenated alkanes) is 1. The van der Waals surface area contributed by atoms with Gasteiger partial charge in [0.2, 0.25) is 6.04 Å². The number of fused-ring (bicyclic) bond motifs is 1. The summed E-state index contributed by atoms with van der Waals surface area (Å²) in [5.74, 6) is -3.17. The van der Waals surface area contributed by atoms with Gasteiger partial charge in [-0.3, -0.25) is 14.4 Å². The minimum Gasteiger partial charge on any atom is -0.462 e. The molecule has 57 heavy (non-hydrogen) atoms. The van der Waals surface area contributed by atoms with Gasteiger partial charge in [0, 0.05) is 29.0 Å². The van der Waals surface area contributed by atoms with Crippen LogP contribution in [0.3, 0.4) is 0 Å². The van der Waals surface area contributed by atoms with Gasteiger partial charge in [0.25, 0.3) is 11.8 Å². The number of aromatic nitrogens is 2. The zero-order valence-corrected chi connectivity index (χ0v) is 32.0. The molecule has 1 unspecified atom stereocenters. The highest BCUT2D eigenvalue weighted by atomic mass is 16.5. The summed E-state index contributed by atoms with van der Waals surface area (Å²) in [5, 5.41) is 13.7. The van der Waals surface area contributed by atoms with Crippen molar-refractivity contribution in [3.63, 3.8) is 0 Å². The van der Waals surface area contributed by atoms with Crippen molar-refractivity contribution in [2.45, 2.75) is 46.1 Å². The third-order valence-electron chi connectivity index (χ3n) is 8.90. The zero-order valence-electron chi connectivity index (χ0n) is 32.0. The lowest BCUT2D eigenvalue weighted by molar-refractivity contribution is -0.116. The number of hydrogen-bond acceptors (Lipinski definition) is 11. The molecule has 0 aliphatic rings. The first-order chi connectivity index (χ1) is 27.6. The number of azo groups is 1. The number of ether oxygens (including phenoxy) is 2. The Morgan fingerprint density at radius 2 is 1.33 bits per heavy atom. The van der Waals surface area contributed by atoms with Crippen LogP contribution in [-0.2, 0) is 14.3 Å². The fraction of sp³-hybridized carbons (Fsp3) is 0.286. The zero-order chi connectivity index (χ0) is 40.7. The van der Waals surface area contributed by atoms with E-state index < -0.39 is 41.3 Å². The highest BCUT2D eigenvalue weighted by Gasteiger charge is 2.28. The second-order valence-electron chi connectivity index (χ2n) is 13.0. The molecule has 0 aliphatic heterocycles. The van der Waals surface area contributed by atoms with E-state index in [1.807, 2.05) is 6.92 Å². The molecule has 0 saturated heterocycles. The summed E-state index contributed by atoms with van der Waals surface area (Å²) >= 11 is 0. The first-order valence-corrected chi connectivity index (χ1v) is 18.7. The number of anilines is 2. The van der Waals surface area contributed by atoms with Crippen LogP contribution in [0.25, 0.3) is 11.0 Å². The first kappa shape index (κ1) is 41.4. The molecule has 4 aromatic carbocycles. The summed E-state index contributed by atoms with van der Waals surface area (Å²) in [6.07, 6.45) is 2.14. The van der Waals surface area contributed by atoms with Gasteiger partial charge in [0.1, 0.15) is 0 Å². The molecule has 2 amide bonds. The van der Waals surface area contributed by atoms with Gasteiger partial charge in [0.15, 0.2) is 5.78 Å². The van der Waals surface area contributed by atoms with Gasteiger partial charge in [-0.25, -0.2) is 14.4 Å². The monoisotopic (exact) mass is 775 g/mol. The molecular weight excluding hydrogens is 731 g/mol. The molecular formula is C42H45N7O8. The Morgan fingerprint density at radius 3 is 1.98 bits per heavy atom. The van der Waals surface area contributed by atoms with E-state index in [1.165, 1.54) is 42.5 Å². The van der Waals surface area contributed by atoms with E-state index in [0.717, 1.165) is 26.1 Å². The highest BCUT2D eigenvalue weighted by molar-refractivity contribution is 6.17.